The van der Waals surface area contributed by atoms with Gasteiger partial charge in [-0.05, 0) is 30.5 Å². The predicted molar refractivity (Wildman–Crippen MR) is 74.3 cm³/mol. The summed E-state index contributed by atoms with van der Waals surface area (Å²) >= 11 is 0. The van der Waals surface area contributed by atoms with E-state index in [4.69, 9.17) is 5.11 Å². The van der Waals surface area contributed by atoms with E-state index in [1.54, 1.807) is 0 Å². The SMILES string of the molecule is O=C1CCCCCN1Cc1ccc(C#CCO)cc1. The molecule has 0 unspecified atom stereocenters. The Bertz CT molecular complexity index is 482. The molecular weight excluding hydrogens is 238 g/mol. The molecule has 1 aromatic rings. The molecule has 0 aliphatic carbocycles. The Balaban J connectivity index is 2.00. The average molecular weight is 257 g/mol. The van der Waals surface area contributed by atoms with Gasteiger partial charge in [-0.25, -0.2) is 0 Å². The van der Waals surface area contributed by atoms with Gasteiger partial charge < -0.3 is 10.0 Å². The third kappa shape index (κ3) is 4.11. The van der Waals surface area contributed by atoms with Crippen molar-refractivity contribution in [3.8, 4) is 11.8 Å². The highest BCUT2D eigenvalue weighted by Gasteiger charge is 2.16. The van der Waals surface area contributed by atoms with Crippen LogP contribution in [0.15, 0.2) is 24.3 Å². The highest BCUT2D eigenvalue weighted by atomic mass is 16.2. The van der Waals surface area contributed by atoms with Crippen molar-refractivity contribution in [3.05, 3.63) is 35.4 Å². The van der Waals surface area contributed by atoms with Gasteiger partial charge >= 0.3 is 0 Å². The number of carbonyl (C=O) groups is 1. The van der Waals surface area contributed by atoms with Crippen molar-refractivity contribution >= 4 is 5.91 Å². The molecule has 1 aliphatic rings. The minimum Gasteiger partial charge on any atom is -0.384 e. The second kappa shape index (κ2) is 6.96. The molecule has 1 aliphatic heterocycles. The average Bonchev–Trinajstić information content (AvgIpc) is 2.63. The fourth-order valence-electron chi connectivity index (χ4n) is 2.26. The molecular formula is C16H19NO2. The standard InChI is InChI=1S/C16H19NO2/c18-12-4-5-14-7-9-15(10-8-14)13-17-11-3-1-2-6-16(17)19/h7-10,18H,1-3,6,11-13H2. The zero-order chi connectivity index (χ0) is 13.5. The zero-order valence-electron chi connectivity index (χ0n) is 11.1. The fourth-order valence-corrected chi connectivity index (χ4v) is 2.26. The molecule has 19 heavy (non-hydrogen) atoms. The fraction of sp³-hybridized carbons (Fsp3) is 0.438. The van der Waals surface area contributed by atoms with Gasteiger partial charge in [0.05, 0.1) is 0 Å². The third-order valence-corrected chi connectivity index (χ3v) is 3.31. The molecule has 0 radical (unpaired) electrons. The van der Waals surface area contributed by atoms with Crippen LogP contribution >= 0.6 is 0 Å². The lowest BCUT2D eigenvalue weighted by atomic mass is 10.1. The van der Waals surface area contributed by atoms with Crippen LogP contribution in [-0.2, 0) is 11.3 Å². The number of likely N-dealkylation sites (tertiary alicyclic amines) is 1. The molecule has 1 saturated heterocycles. The first-order valence-electron chi connectivity index (χ1n) is 6.76. The van der Waals surface area contributed by atoms with Crippen LogP contribution in [0.3, 0.4) is 0 Å². The van der Waals surface area contributed by atoms with E-state index in [-0.39, 0.29) is 12.5 Å². The van der Waals surface area contributed by atoms with Crippen LogP contribution in [0.2, 0.25) is 0 Å². The number of aliphatic hydroxyl groups excluding tert-OH is 1. The highest BCUT2D eigenvalue weighted by Crippen LogP contribution is 2.14. The molecule has 1 aromatic carbocycles. The first kappa shape index (κ1) is 13.6. The maximum atomic E-state index is 11.9. The number of hydrogen-bond acceptors (Lipinski definition) is 2. The second-order valence-electron chi connectivity index (χ2n) is 4.78. The van der Waals surface area contributed by atoms with Crippen LogP contribution in [0.4, 0.5) is 0 Å². The topological polar surface area (TPSA) is 40.5 Å². The summed E-state index contributed by atoms with van der Waals surface area (Å²) in [4.78, 5) is 13.8. The molecule has 100 valence electrons. The van der Waals surface area contributed by atoms with E-state index < -0.39 is 0 Å². The monoisotopic (exact) mass is 257 g/mol. The van der Waals surface area contributed by atoms with Gasteiger partial charge in [-0.15, -0.1) is 0 Å². The normalized spacial score (nSPS) is 15.6. The van der Waals surface area contributed by atoms with E-state index in [1.165, 1.54) is 0 Å². The van der Waals surface area contributed by atoms with Gasteiger partial charge in [-0.3, -0.25) is 4.79 Å². The van der Waals surface area contributed by atoms with Gasteiger partial charge in [0.1, 0.15) is 6.61 Å². The summed E-state index contributed by atoms with van der Waals surface area (Å²) in [6.07, 6.45) is 3.95. The molecule has 3 heteroatoms. The largest absolute Gasteiger partial charge is 0.384 e. The number of carbonyl (C=O) groups excluding carboxylic acids is 1. The van der Waals surface area contributed by atoms with Crippen LogP contribution in [0.25, 0.3) is 0 Å². The number of benzene rings is 1. The minimum atomic E-state index is -0.121. The van der Waals surface area contributed by atoms with Crippen LogP contribution in [0.1, 0.15) is 36.8 Å². The van der Waals surface area contributed by atoms with Crippen LogP contribution < -0.4 is 0 Å². The molecule has 0 saturated carbocycles. The van der Waals surface area contributed by atoms with Crippen molar-refractivity contribution in [1.29, 1.82) is 0 Å². The van der Waals surface area contributed by atoms with E-state index in [9.17, 15) is 4.79 Å². The summed E-state index contributed by atoms with van der Waals surface area (Å²) < 4.78 is 0. The molecule has 0 spiro atoms. The lowest BCUT2D eigenvalue weighted by Gasteiger charge is -2.20. The van der Waals surface area contributed by atoms with E-state index in [1.807, 2.05) is 29.2 Å². The summed E-state index contributed by atoms with van der Waals surface area (Å²) in [5, 5.41) is 8.64. The van der Waals surface area contributed by atoms with Gasteiger partial charge in [-0.2, -0.15) is 0 Å². The first-order valence-corrected chi connectivity index (χ1v) is 6.76. The zero-order valence-corrected chi connectivity index (χ0v) is 11.1. The molecule has 1 amide bonds. The Morgan fingerprint density at radius 2 is 1.95 bits per heavy atom. The molecule has 1 N–H and O–H groups in total. The van der Waals surface area contributed by atoms with Crippen LogP contribution in [-0.4, -0.2) is 29.1 Å². The number of amides is 1. The highest BCUT2D eigenvalue weighted by molar-refractivity contribution is 5.76. The maximum Gasteiger partial charge on any atom is 0.222 e. The maximum absolute atomic E-state index is 11.9. The lowest BCUT2D eigenvalue weighted by Crippen LogP contribution is -2.29. The number of nitrogens with zero attached hydrogens (tertiary/aromatic N) is 1. The van der Waals surface area contributed by atoms with E-state index in [0.29, 0.717) is 13.0 Å². The quantitative estimate of drug-likeness (QED) is 0.822. The number of aliphatic hydroxyl groups is 1. The summed E-state index contributed by atoms with van der Waals surface area (Å²) in [5.41, 5.74) is 2.02. The summed E-state index contributed by atoms with van der Waals surface area (Å²) in [7, 11) is 0. The Morgan fingerprint density at radius 3 is 2.68 bits per heavy atom. The van der Waals surface area contributed by atoms with Gasteiger partial charge in [0, 0.05) is 25.1 Å². The van der Waals surface area contributed by atoms with E-state index >= 15 is 0 Å². The van der Waals surface area contributed by atoms with Crippen molar-refractivity contribution in [1.82, 2.24) is 4.90 Å². The van der Waals surface area contributed by atoms with Gasteiger partial charge in [0.2, 0.25) is 5.91 Å². The molecule has 0 bridgehead atoms. The van der Waals surface area contributed by atoms with Gasteiger partial charge in [0.25, 0.3) is 0 Å². The van der Waals surface area contributed by atoms with Crippen molar-refractivity contribution in [3.63, 3.8) is 0 Å². The van der Waals surface area contributed by atoms with E-state index in [0.717, 1.165) is 36.9 Å². The van der Waals surface area contributed by atoms with Crippen molar-refractivity contribution in [2.24, 2.45) is 0 Å². The number of rotatable bonds is 2. The molecule has 1 fully saturated rings. The Hall–Kier alpha value is -1.79. The summed E-state index contributed by atoms with van der Waals surface area (Å²) in [6.45, 7) is 1.43. The summed E-state index contributed by atoms with van der Waals surface area (Å²) in [5.74, 6) is 5.75. The van der Waals surface area contributed by atoms with Crippen molar-refractivity contribution < 1.29 is 9.90 Å². The first-order chi connectivity index (χ1) is 9.29. The van der Waals surface area contributed by atoms with Crippen LogP contribution in [0.5, 0.6) is 0 Å². The molecule has 2 rings (SSSR count). The third-order valence-electron chi connectivity index (χ3n) is 3.31. The predicted octanol–water partition coefficient (Wildman–Crippen LogP) is 1.93. The van der Waals surface area contributed by atoms with Crippen molar-refractivity contribution in [2.75, 3.05) is 13.2 Å². The van der Waals surface area contributed by atoms with Crippen molar-refractivity contribution in [2.45, 2.75) is 32.2 Å². The number of hydrogen-bond donors (Lipinski definition) is 1. The van der Waals surface area contributed by atoms with Gasteiger partial charge in [-0.1, -0.05) is 30.4 Å². The van der Waals surface area contributed by atoms with Gasteiger partial charge in [0.15, 0.2) is 0 Å². The molecule has 3 nitrogen and oxygen atoms in total. The van der Waals surface area contributed by atoms with Crippen LogP contribution in [0, 0.1) is 11.8 Å². The van der Waals surface area contributed by atoms with E-state index in [2.05, 4.69) is 11.8 Å². The molecule has 1 heterocycles. The summed E-state index contributed by atoms with van der Waals surface area (Å²) in [6, 6.07) is 7.86. The Labute approximate surface area is 114 Å². The molecule has 0 atom stereocenters. The Morgan fingerprint density at radius 1 is 1.16 bits per heavy atom. The molecule has 0 aromatic heterocycles. The lowest BCUT2D eigenvalue weighted by molar-refractivity contribution is -0.131. The Kier molecular flexibility index (Phi) is 5.00. The minimum absolute atomic E-state index is 0.121. The smallest absolute Gasteiger partial charge is 0.222 e. The second-order valence-corrected chi connectivity index (χ2v) is 4.78.